The molecule has 2 saturated heterocycles. The molecule has 2 aliphatic heterocycles. The quantitative estimate of drug-likeness (QED) is 0.507. The lowest BCUT2D eigenvalue weighted by Crippen LogP contribution is -2.54. The summed E-state index contributed by atoms with van der Waals surface area (Å²) in [5.74, 6) is 2.31. The van der Waals surface area contributed by atoms with Gasteiger partial charge in [-0.15, -0.1) is 0 Å². The second-order valence-electron chi connectivity index (χ2n) is 12.8. The van der Waals surface area contributed by atoms with Gasteiger partial charge in [0.2, 0.25) is 5.91 Å². The van der Waals surface area contributed by atoms with Gasteiger partial charge >= 0.3 is 5.97 Å². The molecule has 0 bridgehead atoms. The van der Waals surface area contributed by atoms with Gasteiger partial charge in [0.15, 0.2) is 12.6 Å². The van der Waals surface area contributed by atoms with Crippen LogP contribution in [0.3, 0.4) is 0 Å². The number of rotatable bonds is 7. The Morgan fingerprint density at radius 2 is 1.64 bits per heavy atom. The summed E-state index contributed by atoms with van der Waals surface area (Å²) in [7, 11) is 0. The maximum absolute atomic E-state index is 12.8. The number of nitrogens with one attached hydrogen (secondary N) is 1. The summed E-state index contributed by atoms with van der Waals surface area (Å²) in [6.45, 7) is 7.54. The van der Waals surface area contributed by atoms with Crippen LogP contribution in [0.5, 0.6) is 0 Å². The highest BCUT2D eigenvalue weighted by Gasteiger charge is 2.52. The number of carbonyl (C=O) groups excluding carboxylic acids is 1. The van der Waals surface area contributed by atoms with Crippen LogP contribution in [-0.2, 0) is 23.8 Å². The summed E-state index contributed by atoms with van der Waals surface area (Å²) < 4.78 is 19.4. The van der Waals surface area contributed by atoms with E-state index in [4.69, 9.17) is 14.2 Å². The summed E-state index contributed by atoms with van der Waals surface area (Å²) in [6, 6.07) is -0.725. The maximum Gasteiger partial charge on any atom is 0.326 e. The number of ether oxygens (including phenoxy) is 3. The predicted octanol–water partition coefficient (Wildman–Crippen LogP) is 4.97. The highest BCUT2D eigenvalue weighted by molar-refractivity contribution is 5.85. The molecule has 5 fully saturated rings. The number of aliphatic carboxylic acids is 1. The van der Waals surface area contributed by atoms with E-state index in [-0.39, 0.29) is 36.4 Å². The summed E-state index contributed by atoms with van der Waals surface area (Å²) in [4.78, 5) is 24.4. The molecule has 0 aromatic carbocycles. The van der Waals surface area contributed by atoms with E-state index in [1.54, 1.807) is 0 Å². The molecule has 1 amide bonds. The van der Waals surface area contributed by atoms with Crippen molar-refractivity contribution in [1.82, 2.24) is 5.32 Å². The summed E-state index contributed by atoms with van der Waals surface area (Å²) >= 11 is 0. The van der Waals surface area contributed by atoms with E-state index in [0.717, 1.165) is 57.3 Å². The molecule has 0 spiro atoms. The van der Waals surface area contributed by atoms with Crippen molar-refractivity contribution in [3.05, 3.63) is 0 Å². The molecule has 3 saturated carbocycles. The van der Waals surface area contributed by atoms with Crippen molar-refractivity contribution in [2.45, 2.75) is 116 Å². The van der Waals surface area contributed by atoms with Crippen molar-refractivity contribution in [2.24, 2.45) is 47.3 Å². The molecule has 3 aliphatic carbocycles. The molecule has 9 atom stereocenters. The zero-order valence-electron chi connectivity index (χ0n) is 22.4. The van der Waals surface area contributed by atoms with E-state index in [1.165, 1.54) is 19.3 Å². The normalized spacial score (nSPS) is 44.0. The van der Waals surface area contributed by atoms with Gasteiger partial charge in [-0.3, -0.25) is 4.79 Å². The number of carboxylic acids is 1. The minimum absolute atomic E-state index is 0.0790. The van der Waals surface area contributed by atoms with E-state index in [9.17, 15) is 14.7 Å². The SMILES string of the molecule is CC1CC[C@@H]2C3[C@@H](O1)O[C@H](OCC1CCC(C(=O)N[C@H](C(=O)O)C4CCC4)CC1)[C@H](C)[C@@H]3CC[C@H]2C. The third-order valence-electron chi connectivity index (χ3n) is 10.5. The topological polar surface area (TPSA) is 94.1 Å². The highest BCUT2D eigenvalue weighted by atomic mass is 16.8. The number of carbonyl (C=O) groups is 2. The van der Waals surface area contributed by atoms with Crippen molar-refractivity contribution in [1.29, 1.82) is 0 Å². The first kappa shape index (κ1) is 26.4. The lowest BCUT2D eigenvalue weighted by Gasteiger charge is -2.52. The monoisotopic (exact) mass is 505 g/mol. The lowest BCUT2D eigenvalue weighted by molar-refractivity contribution is -0.335. The Bertz CT molecular complexity index is 778. The molecule has 2 unspecified atom stereocenters. The summed E-state index contributed by atoms with van der Waals surface area (Å²) in [6.07, 6.45) is 11.1. The van der Waals surface area contributed by atoms with Crippen LogP contribution in [0.15, 0.2) is 0 Å². The van der Waals surface area contributed by atoms with Crippen LogP contribution in [0.4, 0.5) is 0 Å². The molecule has 36 heavy (non-hydrogen) atoms. The Morgan fingerprint density at radius 1 is 0.917 bits per heavy atom. The largest absolute Gasteiger partial charge is 0.480 e. The lowest BCUT2D eigenvalue weighted by atomic mass is 9.61. The second-order valence-corrected chi connectivity index (χ2v) is 12.8. The average Bonchev–Trinajstić information content (AvgIpc) is 2.99. The van der Waals surface area contributed by atoms with Gasteiger partial charge in [0, 0.05) is 17.8 Å². The van der Waals surface area contributed by atoms with Crippen LogP contribution in [0.1, 0.15) is 91.4 Å². The molecular weight excluding hydrogens is 458 g/mol. The van der Waals surface area contributed by atoms with Gasteiger partial charge in [0.25, 0.3) is 0 Å². The summed E-state index contributed by atoms with van der Waals surface area (Å²) in [5, 5.41) is 12.4. The van der Waals surface area contributed by atoms with Crippen LogP contribution in [0.25, 0.3) is 0 Å². The fourth-order valence-corrected chi connectivity index (χ4v) is 7.89. The van der Waals surface area contributed by atoms with E-state index < -0.39 is 12.0 Å². The molecule has 5 aliphatic rings. The van der Waals surface area contributed by atoms with Gasteiger partial charge in [-0.1, -0.05) is 26.7 Å². The molecule has 0 aromatic rings. The fourth-order valence-electron chi connectivity index (χ4n) is 7.89. The number of amides is 1. The van der Waals surface area contributed by atoms with Gasteiger partial charge in [-0.05, 0) is 94.3 Å². The Hall–Kier alpha value is -1.18. The maximum atomic E-state index is 12.8. The molecule has 7 nitrogen and oxygen atoms in total. The second kappa shape index (κ2) is 11.3. The average molecular weight is 506 g/mol. The van der Waals surface area contributed by atoms with Gasteiger partial charge < -0.3 is 24.6 Å². The predicted molar refractivity (Wildman–Crippen MR) is 135 cm³/mol. The molecule has 0 radical (unpaired) electrons. The third kappa shape index (κ3) is 5.49. The number of carboxylic acid groups (broad SMARTS) is 1. The van der Waals surface area contributed by atoms with E-state index in [2.05, 4.69) is 26.1 Å². The van der Waals surface area contributed by atoms with Crippen molar-refractivity contribution >= 4 is 11.9 Å². The Labute approximate surface area is 216 Å². The molecule has 2 heterocycles. The first-order chi connectivity index (χ1) is 17.3. The Balaban J connectivity index is 1.11. The molecule has 5 rings (SSSR count). The van der Waals surface area contributed by atoms with Crippen molar-refractivity contribution in [3.63, 3.8) is 0 Å². The van der Waals surface area contributed by atoms with Crippen LogP contribution in [0, 0.1) is 47.3 Å². The molecular formula is C29H47NO6. The van der Waals surface area contributed by atoms with E-state index >= 15 is 0 Å². The standard InChI is InChI=1S/C29H47NO6/c1-16-7-13-23-18(3)28(36-29-24(23)22(16)14-8-17(2)35-29)34-15-19-9-11-21(12-10-19)26(31)30-25(27(32)33)20-5-4-6-20/h16-25,28-29H,4-15H2,1-3H3,(H,30,31)(H,32,33)/t16-,17?,18-,19?,21?,22+,23+,24?,25+,28+,29+/m1/s1. The minimum atomic E-state index is -0.898. The Kier molecular flexibility index (Phi) is 8.28. The van der Waals surface area contributed by atoms with Gasteiger partial charge in [0.1, 0.15) is 6.04 Å². The smallest absolute Gasteiger partial charge is 0.326 e. The van der Waals surface area contributed by atoms with Crippen LogP contribution >= 0.6 is 0 Å². The van der Waals surface area contributed by atoms with Crippen molar-refractivity contribution in [2.75, 3.05) is 6.61 Å². The van der Waals surface area contributed by atoms with Gasteiger partial charge in [-0.2, -0.15) is 0 Å². The minimum Gasteiger partial charge on any atom is -0.480 e. The first-order valence-electron chi connectivity index (χ1n) is 14.8. The van der Waals surface area contributed by atoms with Gasteiger partial charge in [-0.25, -0.2) is 4.79 Å². The number of hydrogen-bond donors (Lipinski definition) is 2. The molecule has 7 heteroatoms. The van der Waals surface area contributed by atoms with E-state index in [1.807, 2.05) is 0 Å². The van der Waals surface area contributed by atoms with Crippen LogP contribution < -0.4 is 5.32 Å². The van der Waals surface area contributed by atoms with Crippen molar-refractivity contribution in [3.8, 4) is 0 Å². The van der Waals surface area contributed by atoms with Crippen LogP contribution in [0.2, 0.25) is 0 Å². The van der Waals surface area contributed by atoms with Crippen LogP contribution in [-0.4, -0.2) is 48.3 Å². The summed E-state index contributed by atoms with van der Waals surface area (Å²) in [5.41, 5.74) is 0. The zero-order valence-corrected chi connectivity index (χ0v) is 22.4. The van der Waals surface area contributed by atoms with Crippen molar-refractivity contribution < 1.29 is 28.9 Å². The first-order valence-corrected chi connectivity index (χ1v) is 14.8. The Morgan fingerprint density at radius 3 is 2.31 bits per heavy atom. The highest BCUT2D eigenvalue weighted by Crippen LogP contribution is 2.52. The van der Waals surface area contributed by atoms with Gasteiger partial charge in [0.05, 0.1) is 12.7 Å². The zero-order chi connectivity index (χ0) is 25.4. The fraction of sp³-hybridized carbons (Fsp3) is 0.931. The molecule has 2 N–H and O–H groups in total. The molecule has 0 aromatic heterocycles. The molecule has 204 valence electrons. The third-order valence-corrected chi connectivity index (χ3v) is 10.5. The van der Waals surface area contributed by atoms with E-state index in [0.29, 0.717) is 36.2 Å². The number of hydrogen-bond acceptors (Lipinski definition) is 5.